The van der Waals surface area contributed by atoms with Gasteiger partial charge in [0.15, 0.2) is 0 Å². The molecule has 5 heteroatoms. The number of pyridine rings is 1. The molecule has 20 heavy (non-hydrogen) atoms. The van der Waals surface area contributed by atoms with E-state index in [1.54, 1.807) is 0 Å². The monoisotopic (exact) mass is 273 g/mol. The van der Waals surface area contributed by atoms with Crippen molar-refractivity contribution in [3.63, 3.8) is 0 Å². The van der Waals surface area contributed by atoms with Crippen molar-refractivity contribution in [2.75, 3.05) is 0 Å². The fourth-order valence-corrected chi connectivity index (χ4v) is 2.28. The summed E-state index contributed by atoms with van der Waals surface area (Å²) >= 11 is 0. The second-order valence-electron chi connectivity index (χ2n) is 5.21. The number of aryl methyl sites for hydroxylation is 1. The molecule has 0 aliphatic rings. The lowest BCUT2D eigenvalue weighted by atomic mass is 10.0. The highest BCUT2D eigenvalue weighted by molar-refractivity contribution is 5.24. The predicted molar refractivity (Wildman–Crippen MR) is 80.0 cm³/mol. The van der Waals surface area contributed by atoms with Crippen molar-refractivity contribution in [1.82, 2.24) is 20.2 Å². The van der Waals surface area contributed by atoms with Gasteiger partial charge in [-0.3, -0.25) is 20.9 Å². The molecule has 0 amide bonds. The zero-order valence-electron chi connectivity index (χ0n) is 12.4. The normalized spacial score (nSPS) is 12.8. The first-order valence-corrected chi connectivity index (χ1v) is 7.09. The molecule has 0 saturated heterocycles. The molecule has 2 aromatic rings. The van der Waals surface area contributed by atoms with Crippen LogP contribution in [0.1, 0.15) is 49.8 Å². The second-order valence-corrected chi connectivity index (χ2v) is 5.21. The third kappa shape index (κ3) is 3.23. The second kappa shape index (κ2) is 6.63. The van der Waals surface area contributed by atoms with Gasteiger partial charge >= 0.3 is 0 Å². The van der Waals surface area contributed by atoms with Crippen molar-refractivity contribution in [2.24, 2.45) is 5.84 Å². The van der Waals surface area contributed by atoms with Crippen molar-refractivity contribution < 1.29 is 0 Å². The number of nitrogens with two attached hydrogens (primary N) is 1. The van der Waals surface area contributed by atoms with Crippen LogP contribution >= 0.6 is 0 Å². The third-order valence-corrected chi connectivity index (χ3v) is 3.44. The van der Waals surface area contributed by atoms with Gasteiger partial charge < -0.3 is 0 Å². The SMILES string of the molecule is CCc1cccnc1C(Cc1ccn(C(C)C)n1)NN. The molecule has 2 heterocycles. The molecule has 5 nitrogen and oxygen atoms in total. The van der Waals surface area contributed by atoms with Gasteiger partial charge in [0.25, 0.3) is 0 Å². The fourth-order valence-electron chi connectivity index (χ4n) is 2.28. The van der Waals surface area contributed by atoms with Gasteiger partial charge in [0.05, 0.1) is 17.4 Å². The number of aromatic nitrogens is 3. The topological polar surface area (TPSA) is 68.8 Å². The summed E-state index contributed by atoms with van der Waals surface area (Å²) < 4.78 is 1.96. The Morgan fingerprint density at radius 1 is 1.35 bits per heavy atom. The number of hydrogen-bond acceptors (Lipinski definition) is 4. The minimum Gasteiger partial charge on any atom is -0.271 e. The molecule has 2 rings (SSSR count). The smallest absolute Gasteiger partial charge is 0.0690 e. The van der Waals surface area contributed by atoms with Gasteiger partial charge in [-0.25, -0.2) is 0 Å². The fraction of sp³-hybridized carbons (Fsp3) is 0.467. The molecule has 0 aromatic carbocycles. The molecule has 0 saturated carbocycles. The van der Waals surface area contributed by atoms with Crippen LogP contribution in [0.4, 0.5) is 0 Å². The van der Waals surface area contributed by atoms with Crippen molar-refractivity contribution in [3.05, 3.63) is 47.5 Å². The molecule has 3 N–H and O–H groups in total. The Bertz CT molecular complexity index is 547. The molecule has 1 atom stereocenters. The molecule has 108 valence electrons. The number of rotatable bonds is 6. The first kappa shape index (κ1) is 14.7. The summed E-state index contributed by atoms with van der Waals surface area (Å²) in [5, 5.41) is 4.57. The van der Waals surface area contributed by atoms with E-state index >= 15 is 0 Å². The highest BCUT2D eigenvalue weighted by Gasteiger charge is 2.16. The van der Waals surface area contributed by atoms with Crippen molar-refractivity contribution in [2.45, 2.75) is 45.7 Å². The average molecular weight is 273 g/mol. The Labute approximate surface area is 120 Å². The van der Waals surface area contributed by atoms with Gasteiger partial charge in [-0.1, -0.05) is 13.0 Å². The van der Waals surface area contributed by atoms with E-state index < -0.39 is 0 Å². The zero-order chi connectivity index (χ0) is 14.5. The summed E-state index contributed by atoms with van der Waals surface area (Å²) in [5.41, 5.74) is 6.12. The Hall–Kier alpha value is -1.72. The number of hydrogen-bond donors (Lipinski definition) is 2. The summed E-state index contributed by atoms with van der Waals surface area (Å²) in [6, 6.07) is 6.46. The number of nitrogens with zero attached hydrogens (tertiary/aromatic N) is 3. The van der Waals surface area contributed by atoms with E-state index in [-0.39, 0.29) is 6.04 Å². The Morgan fingerprint density at radius 2 is 2.15 bits per heavy atom. The average Bonchev–Trinajstić information content (AvgIpc) is 2.93. The molecule has 1 unspecified atom stereocenters. The van der Waals surface area contributed by atoms with Crippen LogP contribution in [-0.4, -0.2) is 14.8 Å². The molecular weight excluding hydrogens is 250 g/mol. The van der Waals surface area contributed by atoms with Crippen LogP contribution in [0.25, 0.3) is 0 Å². The van der Waals surface area contributed by atoms with E-state index in [9.17, 15) is 0 Å². The largest absolute Gasteiger partial charge is 0.271 e. The first-order valence-electron chi connectivity index (χ1n) is 7.09. The third-order valence-electron chi connectivity index (χ3n) is 3.44. The van der Waals surface area contributed by atoms with Gasteiger partial charge in [-0.15, -0.1) is 0 Å². The maximum Gasteiger partial charge on any atom is 0.0690 e. The van der Waals surface area contributed by atoms with E-state index in [1.165, 1.54) is 5.56 Å². The minimum absolute atomic E-state index is 0.0123. The maximum atomic E-state index is 5.72. The quantitative estimate of drug-likeness (QED) is 0.625. The van der Waals surface area contributed by atoms with Gasteiger partial charge in [0, 0.05) is 24.9 Å². The Kier molecular flexibility index (Phi) is 4.87. The van der Waals surface area contributed by atoms with Crippen molar-refractivity contribution in [1.29, 1.82) is 0 Å². The number of hydrazine groups is 1. The van der Waals surface area contributed by atoms with E-state index in [4.69, 9.17) is 5.84 Å². The summed E-state index contributed by atoms with van der Waals surface area (Å²) in [4.78, 5) is 4.48. The lowest BCUT2D eigenvalue weighted by molar-refractivity contribution is 0.500. The van der Waals surface area contributed by atoms with Gasteiger partial charge in [-0.05, 0) is 38.0 Å². The van der Waals surface area contributed by atoms with Crippen LogP contribution in [0.5, 0.6) is 0 Å². The highest BCUT2D eigenvalue weighted by atomic mass is 15.3. The van der Waals surface area contributed by atoms with E-state index in [0.29, 0.717) is 6.04 Å². The summed E-state index contributed by atoms with van der Waals surface area (Å²) in [7, 11) is 0. The van der Waals surface area contributed by atoms with Crippen LogP contribution in [-0.2, 0) is 12.8 Å². The zero-order valence-corrected chi connectivity index (χ0v) is 12.4. The highest BCUT2D eigenvalue weighted by Crippen LogP contribution is 2.19. The van der Waals surface area contributed by atoms with Gasteiger partial charge in [0.2, 0.25) is 0 Å². The summed E-state index contributed by atoms with van der Waals surface area (Å²) in [5.74, 6) is 5.72. The predicted octanol–water partition coefficient (Wildman–Crippen LogP) is 2.17. The van der Waals surface area contributed by atoms with Crippen LogP contribution in [0, 0.1) is 0 Å². The Balaban J connectivity index is 2.19. The maximum absolute atomic E-state index is 5.72. The summed E-state index contributed by atoms with van der Waals surface area (Å²) in [6.07, 6.45) is 5.50. The molecule has 2 aromatic heterocycles. The molecule has 0 aliphatic carbocycles. The van der Waals surface area contributed by atoms with Crippen LogP contribution in [0.3, 0.4) is 0 Å². The van der Waals surface area contributed by atoms with Gasteiger partial charge in [-0.2, -0.15) is 5.10 Å². The lowest BCUT2D eigenvalue weighted by Gasteiger charge is -2.17. The van der Waals surface area contributed by atoms with Crippen LogP contribution in [0.2, 0.25) is 0 Å². The lowest BCUT2D eigenvalue weighted by Crippen LogP contribution is -2.31. The molecule has 0 aliphatic heterocycles. The standard InChI is InChI=1S/C15H23N5/c1-4-12-6-5-8-17-15(12)14(18-16)10-13-7-9-20(19-13)11(2)3/h5-9,11,14,18H,4,10,16H2,1-3H3. The minimum atomic E-state index is -0.0123. The van der Waals surface area contributed by atoms with Crippen molar-refractivity contribution >= 4 is 0 Å². The van der Waals surface area contributed by atoms with Crippen molar-refractivity contribution in [3.8, 4) is 0 Å². The first-order chi connectivity index (χ1) is 9.65. The summed E-state index contributed by atoms with van der Waals surface area (Å²) in [6.45, 7) is 6.36. The molecule has 0 bridgehead atoms. The van der Waals surface area contributed by atoms with E-state index in [2.05, 4.69) is 42.3 Å². The van der Waals surface area contributed by atoms with Crippen LogP contribution < -0.4 is 11.3 Å². The number of nitrogens with one attached hydrogen (secondary N) is 1. The van der Waals surface area contributed by atoms with E-state index in [1.807, 2.05) is 29.2 Å². The molecule has 0 radical (unpaired) electrons. The van der Waals surface area contributed by atoms with Crippen LogP contribution in [0.15, 0.2) is 30.6 Å². The molecule has 0 fully saturated rings. The Morgan fingerprint density at radius 3 is 2.75 bits per heavy atom. The molecular formula is C15H23N5. The molecule has 0 spiro atoms. The van der Waals surface area contributed by atoms with E-state index in [0.717, 1.165) is 24.2 Å². The van der Waals surface area contributed by atoms with Gasteiger partial charge in [0.1, 0.15) is 0 Å².